The minimum absolute atomic E-state index is 0.122. The lowest BCUT2D eigenvalue weighted by Crippen LogP contribution is -2.10. The van der Waals surface area contributed by atoms with Crippen molar-refractivity contribution in [3.63, 3.8) is 0 Å². The minimum Gasteiger partial charge on any atom is -0.383 e. The molecule has 0 aliphatic carbocycles. The van der Waals surface area contributed by atoms with Gasteiger partial charge in [0.2, 0.25) is 0 Å². The predicted molar refractivity (Wildman–Crippen MR) is 192 cm³/mol. The van der Waals surface area contributed by atoms with Gasteiger partial charge in [-0.05, 0) is 61.7 Å². The van der Waals surface area contributed by atoms with E-state index in [-0.39, 0.29) is 33.9 Å². The number of pyridine rings is 2. The van der Waals surface area contributed by atoms with E-state index in [0.29, 0.717) is 51.3 Å². The van der Waals surface area contributed by atoms with Crippen molar-refractivity contribution in [2.75, 3.05) is 14.1 Å². The zero-order valence-corrected chi connectivity index (χ0v) is 31.4. The Morgan fingerprint density at radius 1 is 0.750 bits per heavy atom. The van der Waals surface area contributed by atoms with Gasteiger partial charge in [-0.1, -0.05) is 108 Å². The van der Waals surface area contributed by atoms with Crippen molar-refractivity contribution in [3.8, 4) is 0 Å². The molecular weight excluding hydrogens is 819 g/mol. The smallest absolute Gasteiger partial charge is 0.198 e. The van der Waals surface area contributed by atoms with E-state index >= 15 is 0 Å². The zero-order chi connectivity index (χ0) is 33.1. The number of Topliss-reactive ketones (excluding diaryl/α,β-unsaturated/α-hetero) is 2. The van der Waals surface area contributed by atoms with Crippen LogP contribution in [0.15, 0.2) is 76.1 Å². The second kappa shape index (κ2) is 18.5. The second-order valence-electron chi connectivity index (χ2n) is 8.73. The highest BCUT2D eigenvalue weighted by Crippen LogP contribution is 2.34. The monoisotopic (exact) mass is 839 g/mol. The maximum atomic E-state index is 13.0. The first kappa shape index (κ1) is 38.5. The first-order chi connectivity index (χ1) is 20.8. The van der Waals surface area contributed by atoms with Crippen LogP contribution in [0.25, 0.3) is 5.57 Å². The summed E-state index contributed by atoms with van der Waals surface area (Å²) in [5.41, 5.74) is 2.21. The van der Waals surface area contributed by atoms with Crippen LogP contribution >= 0.6 is 101 Å². The molecule has 2 heterocycles. The number of allylic oxidation sites excluding steroid dienone is 1. The fourth-order valence-corrected chi connectivity index (χ4v) is 5.37. The largest absolute Gasteiger partial charge is 0.383 e. The van der Waals surface area contributed by atoms with Crippen LogP contribution in [-0.4, -0.2) is 40.5 Å². The third-order valence-electron chi connectivity index (χ3n) is 5.41. The van der Waals surface area contributed by atoms with Gasteiger partial charge in [0.15, 0.2) is 11.6 Å². The van der Waals surface area contributed by atoms with Crippen molar-refractivity contribution >= 4 is 119 Å². The number of hydrogen-bond acceptors (Lipinski definition) is 5. The molecule has 4 aromatic rings. The Balaban J connectivity index is 0.000000295. The van der Waals surface area contributed by atoms with E-state index in [4.69, 9.17) is 69.6 Å². The first-order valence-electron chi connectivity index (χ1n) is 12.8. The molecule has 0 atom stereocenters. The molecule has 5 nitrogen and oxygen atoms in total. The molecule has 232 valence electrons. The van der Waals surface area contributed by atoms with Gasteiger partial charge in [-0.15, -0.1) is 0 Å². The molecule has 4 rings (SSSR count). The van der Waals surface area contributed by atoms with Crippen LogP contribution in [0, 0.1) is 0 Å². The van der Waals surface area contributed by atoms with Gasteiger partial charge in [-0.3, -0.25) is 9.59 Å². The zero-order valence-electron chi connectivity index (χ0n) is 23.7. The number of carbonyl (C=O) groups excluding carboxylic acids is 2. The molecule has 2 aromatic carbocycles. The molecule has 0 bridgehead atoms. The molecule has 0 radical (unpaired) electrons. The molecular formula is C31H25Br2Cl6N3O2. The summed E-state index contributed by atoms with van der Waals surface area (Å²) in [6, 6.07) is 13.6. The summed E-state index contributed by atoms with van der Waals surface area (Å²) >= 11 is 42.9. The number of benzene rings is 2. The second-order valence-corrected chi connectivity index (χ2v) is 12.9. The fraction of sp³-hybridized carbons (Fsp3) is 0.161. The highest BCUT2D eigenvalue weighted by atomic mass is 79.9. The lowest BCUT2D eigenvalue weighted by atomic mass is 9.98. The topological polar surface area (TPSA) is 63.2 Å². The van der Waals surface area contributed by atoms with Crippen LogP contribution in [0.2, 0.25) is 30.4 Å². The third-order valence-corrected chi connectivity index (χ3v) is 8.56. The van der Waals surface area contributed by atoms with Gasteiger partial charge in [-0.2, -0.15) is 0 Å². The third kappa shape index (κ3) is 10.7. The number of hydrogen-bond donors (Lipinski definition) is 0. The summed E-state index contributed by atoms with van der Waals surface area (Å²) in [4.78, 5) is 34.8. The van der Waals surface area contributed by atoms with Crippen LogP contribution in [0.4, 0.5) is 0 Å². The Morgan fingerprint density at radius 2 is 1.25 bits per heavy atom. The van der Waals surface area contributed by atoms with E-state index in [1.807, 2.05) is 27.9 Å². The van der Waals surface area contributed by atoms with E-state index in [1.54, 1.807) is 59.6 Å². The summed E-state index contributed by atoms with van der Waals surface area (Å²) in [5.74, 6) is -0.454. The molecule has 0 spiro atoms. The number of nitrogens with zero attached hydrogens (tertiary/aromatic N) is 3. The van der Waals surface area contributed by atoms with E-state index in [0.717, 1.165) is 0 Å². The summed E-state index contributed by atoms with van der Waals surface area (Å²) in [7, 11) is 3.62. The van der Waals surface area contributed by atoms with E-state index in [2.05, 4.69) is 41.8 Å². The standard InChI is InChI=1S/C16H12BrCl3N2O.C13H7BrCl3NO.C2H6/c1-22(2)8-12(10-4-3-5-13(18)14(10)19)15(23)11-6-9(17)7-21-16(11)20;14-8-5-9(13(17)18-6-8)11(19)4-7-2-1-3-10(15)12(7)16;1-2/h3-8H,1-2H3;1-3,5-6H,4H2;1-2H3/b12-8-;;. The lowest BCUT2D eigenvalue weighted by molar-refractivity contribution is 0.0991. The Labute approximate surface area is 303 Å². The Hall–Kier alpha value is -1.68. The van der Waals surface area contributed by atoms with Gasteiger partial charge < -0.3 is 4.90 Å². The molecule has 0 aliphatic rings. The van der Waals surface area contributed by atoms with Crippen LogP contribution in [0.3, 0.4) is 0 Å². The van der Waals surface area contributed by atoms with Crippen molar-refractivity contribution < 1.29 is 9.59 Å². The number of carbonyl (C=O) groups is 2. The number of halogens is 8. The molecule has 0 amide bonds. The molecule has 0 N–H and O–H groups in total. The molecule has 2 aromatic heterocycles. The van der Waals surface area contributed by atoms with E-state index in [1.165, 1.54) is 12.4 Å². The quantitative estimate of drug-likeness (QED) is 0.105. The average Bonchev–Trinajstić information content (AvgIpc) is 2.99. The number of ketones is 2. The van der Waals surface area contributed by atoms with Crippen LogP contribution in [-0.2, 0) is 6.42 Å². The normalized spacial score (nSPS) is 10.7. The molecule has 0 aliphatic heterocycles. The van der Waals surface area contributed by atoms with Crippen molar-refractivity contribution in [1.29, 1.82) is 0 Å². The van der Waals surface area contributed by atoms with Gasteiger partial charge in [0, 0.05) is 59.2 Å². The molecule has 13 heteroatoms. The van der Waals surface area contributed by atoms with Crippen LogP contribution in [0.5, 0.6) is 0 Å². The van der Waals surface area contributed by atoms with Gasteiger partial charge >= 0.3 is 0 Å². The molecule has 0 saturated carbocycles. The SMILES string of the molecule is CC.CN(C)/C=C(\C(=O)c1cc(Br)cnc1Cl)c1cccc(Cl)c1Cl.O=C(Cc1cccc(Cl)c1Cl)c1cc(Br)cnc1Cl. The van der Waals surface area contributed by atoms with Gasteiger partial charge in [0.1, 0.15) is 10.3 Å². The minimum atomic E-state index is -0.290. The summed E-state index contributed by atoms with van der Waals surface area (Å²) in [6.07, 6.45) is 4.86. The van der Waals surface area contributed by atoms with E-state index in [9.17, 15) is 9.59 Å². The van der Waals surface area contributed by atoms with Crippen molar-refractivity contribution in [1.82, 2.24) is 14.9 Å². The van der Waals surface area contributed by atoms with Gasteiger partial charge in [-0.25, -0.2) is 9.97 Å². The predicted octanol–water partition coefficient (Wildman–Crippen LogP) is 11.8. The summed E-state index contributed by atoms with van der Waals surface area (Å²) in [6.45, 7) is 4.00. The Kier molecular flexibility index (Phi) is 16.2. The summed E-state index contributed by atoms with van der Waals surface area (Å²) in [5, 5.41) is 1.80. The summed E-state index contributed by atoms with van der Waals surface area (Å²) < 4.78 is 1.35. The average molecular weight is 844 g/mol. The van der Waals surface area contributed by atoms with Crippen LogP contribution < -0.4 is 0 Å². The maximum Gasteiger partial charge on any atom is 0.198 e. The Morgan fingerprint density at radius 3 is 1.82 bits per heavy atom. The molecule has 0 fully saturated rings. The van der Waals surface area contributed by atoms with Crippen molar-refractivity contribution in [2.45, 2.75) is 20.3 Å². The highest BCUT2D eigenvalue weighted by molar-refractivity contribution is 9.10. The van der Waals surface area contributed by atoms with Gasteiger partial charge in [0.05, 0.1) is 31.2 Å². The van der Waals surface area contributed by atoms with Crippen molar-refractivity contribution in [3.05, 3.63) is 129 Å². The molecule has 0 unspecified atom stereocenters. The maximum absolute atomic E-state index is 13.0. The lowest BCUT2D eigenvalue weighted by Gasteiger charge is -2.14. The van der Waals surface area contributed by atoms with Gasteiger partial charge in [0.25, 0.3) is 0 Å². The van der Waals surface area contributed by atoms with Crippen LogP contribution in [0.1, 0.15) is 45.7 Å². The Bertz CT molecular complexity index is 1680. The number of aromatic nitrogens is 2. The first-order valence-corrected chi connectivity index (χ1v) is 16.6. The fourth-order valence-electron chi connectivity index (χ4n) is 3.52. The van der Waals surface area contributed by atoms with E-state index < -0.39 is 0 Å². The molecule has 0 saturated heterocycles. The van der Waals surface area contributed by atoms with Crippen molar-refractivity contribution in [2.24, 2.45) is 0 Å². The number of rotatable bonds is 7. The highest BCUT2D eigenvalue weighted by Gasteiger charge is 2.22. The molecule has 44 heavy (non-hydrogen) atoms.